The molecule has 4 heteroatoms. The maximum atomic E-state index is 10.3. The third-order valence-electron chi connectivity index (χ3n) is 2.74. The molecule has 2 rings (SSSR count). The fourth-order valence-corrected chi connectivity index (χ4v) is 2.02. The van der Waals surface area contributed by atoms with Crippen LogP contribution in [0.5, 0.6) is 0 Å². The first-order valence-corrected chi connectivity index (χ1v) is 5.28. The minimum atomic E-state index is -0.706. The van der Waals surface area contributed by atoms with Gasteiger partial charge in [0.05, 0.1) is 0 Å². The molecule has 1 saturated heterocycles. The summed E-state index contributed by atoms with van der Waals surface area (Å²) in [5.74, 6) is 0. The van der Waals surface area contributed by atoms with E-state index in [-0.39, 0.29) is 12.4 Å². The highest BCUT2D eigenvalue weighted by Crippen LogP contribution is 2.28. The van der Waals surface area contributed by atoms with Crippen molar-refractivity contribution < 1.29 is 5.11 Å². The molecule has 15 heavy (non-hydrogen) atoms. The molecule has 1 aromatic rings. The first kappa shape index (κ1) is 12.8. The Balaban J connectivity index is 0.00000112. The summed E-state index contributed by atoms with van der Waals surface area (Å²) in [7, 11) is 0. The molecule has 1 heterocycles. The second-order valence-corrected chi connectivity index (χ2v) is 4.26. The van der Waals surface area contributed by atoms with Crippen LogP contribution in [0.3, 0.4) is 0 Å². The lowest BCUT2D eigenvalue weighted by Crippen LogP contribution is -2.43. The van der Waals surface area contributed by atoms with Gasteiger partial charge in [-0.3, -0.25) is 0 Å². The van der Waals surface area contributed by atoms with E-state index in [1.807, 2.05) is 24.3 Å². The first-order valence-electron chi connectivity index (χ1n) is 4.90. The highest BCUT2D eigenvalue weighted by atomic mass is 35.5. The quantitative estimate of drug-likeness (QED) is 0.799. The largest absolute Gasteiger partial charge is 0.384 e. The predicted octanol–water partition coefficient (Wildman–Crippen LogP) is 2.33. The summed E-state index contributed by atoms with van der Waals surface area (Å²) in [6, 6.07) is 7.44. The molecule has 2 nitrogen and oxygen atoms in total. The van der Waals surface area contributed by atoms with Gasteiger partial charge in [-0.25, -0.2) is 0 Å². The summed E-state index contributed by atoms with van der Waals surface area (Å²) >= 11 is 5.80. The monoisotopic (exact) mass is 247 g/mol. The molecule has 1 aliphatic heterocycles. The van der Waals surface area contributed by atoms with Gasteiger partial charge in [-0.2, -0.15) is 0 Å². The summed E-state index contributed by atoms with van der Waals surface area (Å²) in [6.07, 6.45) is 1.83. The average Bonchev–Trinajstić information content (AvgIpc) is 2.19. The molecule has 0 radical (unpaired) electrons. The zero-order valence-electron chi connectivity index (χ0n) is 8.37. The van der Waals surface area contributed by atoms with Gasteiger partial charge in [0.15, 0.2) is 0 Å². The Hall–Kier alpha value is -0.280. The average molecular weight is 248 g/mol. The second-order valence-electron chi connectivity index (χ2n) is 3.82. The maximum absolute atomic E-state index is 10.3. The van der Waals surface area contributed by atoms with E-state index < -0.39 is 5.60 Å². The van der Waals surface area contributed by atoms with Crippen LogP contribution < -0.4 is 5.32 Å². The van der Waals surface area contributed by atoms with Crippen molar-refractivity contribution in [3.63, 3.8) is 0 Å². The van der Waals surface area contributed by atoms with Gasteiger partial charge in [0.1, 0.15) is 5.60 Å². The van der Waals surface area contributed by atoms with Gasteiger partial charge >= 0.3 is 0 Å². The van der Waals surface area contributed by atoms with Crippen LogP contribution in [0.25, 0.3) is 0 Å². The molecule has 1 unspecified atom stereocenters. The predicted molar refractivity (Wildman–Crippen MR) is 64.7 cm³/mol. The molecule has 1 atom stereocenters. The van der Waals surface area contributed by atoms with E-state index in [0.29, 0.717) is 11.6 Å². The van der Waals surface area contributed by atoms with Gasteiger partial charge in [-0.1, -0.05) is 23.7 Å². The second kappa shape index (κ2) is 5.17. The van der Waals surface area contributed by atoms with Crippen molar-refractivity contribution in [3.05, 3.63) is 34.9 Å². The molecule has 0 spiro atoms. The third-order valence-corrected chi connectivity index (χ3v) is 2.99. The van der Waals surface area contributed by atoms with E-state index in [9.17, 15) is 5.11 Å². The van der Waals surface area contributed by atoms with Gasteiger partial charge in [-0.05, 0) is 37.1 Å². The summed E-state index contributed by atoms with van der Waals surface area (Å²) in [5.41, 5.74) is 0.247. The van der Waals surface area contributed by atoms with E-state index in [1.165, 1.54) is 0 Å². The van der Waals surface area contributed by atoms with Gasteiger partial charge in [0.2, 0.25) is 0 Å². The minimum Gasteiger partial charge on any atom is -0.384 e. The smallest absolute Gasteiger partial charge is 0.102 e. The molecule has 84 valence electrons. The van der Waals surface area contributed by atoms with Crippen molar-refractivity contribution in [2.75, 3.05) is 13.1 Å². The Kier molecular flexibility index (Phi) is 4.41. The van der Waals surface area contributed by atoms with E-state index in [2.05, 4.69) is 5.32 Å². The molecule has 0 aromatic heterocycles. The number of hydrogen-bond acceptors (Lipinski definition) is 2. The Morgan fingerprint density at radius 2 is 1.93 bits per heavy atom. The maximum Gasteiger partial charge on any atom is 0.102 e. The number of aliphatic hydroxyl groups is 1. The molecule has 0 aliphatic carbocycles. The van der Waals surface area contributed by atoms with Crippen LogP contribution in [-0.4, -0.2) is 18.2 Å². The van der Waals surface area contributed by atoms with Crippen LogP contribution >= 0.6 is 24.0 Å². The summed E-state index contributed by atoms with van der Waals surface area (Å²) < 4.78 is 0. The lowest BCUT2D eigenvalue weighted by Gasteiger charge is -2.33. The number of β-amino-alcohol motifs (C(OH)–C–C–N with tert-alkyl or cyclic N) is 1. The van der Waals surface area contributed by atoms with Crippen LogP contribution in [-0.2, 0) is 5.60 Å². The number of rotatable bonds is 1. The molecule has 0 bridgehead atoms. The van der Waals surface area contributed by atoms with Crippen molar-refractivity contribution in [2.45, 2.75) is 18.4 Å². The fraction of sp³-hybridized carbons (Fsp3) is 0.455. The van der Waals surface area contributed by atoms with Crippen molar-refractivity contribution in [1.29, 1.82) is 0 Å². The molecule has 1 aromatic carbocycles. The van der Waals surface area contributed by atoms with Crippen molar-refractivity contribution >= 4 is 24.0 Å². The summed E-state index contributed by atoms with van der Waals surface area (Å²) in [6.45, 7) is 1.63. The highest BCUT2D eigenvalue weighted by Gasteiger charge is 2.30. The molecule has 2 N–H and O–H groups in total. The van der Waals surface area contributed by atoms with E-state index in [4.69, 9.17) is 11.6 Å². The molecule has 0 amide bonds. The van der Waals surface area contributed by atoms with E-state index in [0.717, 1.165) is 24.9 Å². The van der Waals surface area contributed by atoms with Crippen molar-refractivity contribution in [1.82, 2.24) is 5.32 Å². The number of halogens is 2. The number of hydrogen-bond donors (Lipinski definition) is 2. The number of nitrogens with one attached hydrogen (secondary N) is 1. The fourth-order valence-electron chi connectivity index (χ4n) is 1.90. The van der Waals surface area contributed by atoms with Gasteiger partial charge in [0, 0.05) is 11.6 Å². The summed E-state index contributed by atoms with van der Waals surface area (Å²) in [4.78, 5) is 0. The van der Waals surface area contributed by atoms with Gasteiger partial charge < -0.3 is 10.4 Å². The highest BCUT2D eigenvalue weighted by molar-refractivity contribution is 6.30. The first-order chi connectivity index (χ1) is 6.71. The Bertz CT molecular complexity index is 307. The van der Waals surface area contributed by atoms with Crippen LogP contribution in [0, 0.1) is 0 Å². The van der Waals surface area contributed by atoms with Crippen LogP contribution in [0.4, 0.5) is 0 Å². The van der Waals surface area contributed by atoms with Crippen LogP contribution in [0.15, 0.2) is 24.3 Å². The van der Waals surface area contributed by atoms with Crippen molar-refractivity contribution in [3.8, 4) is 0 Å². The number of benzene rings is 1. The number of piperidine rings is 1. The normalized spacial score (nSPS) is 25.7. The summed E-state index contributed by atoms with van der Waals surface area (Å²) in [5, 5.41) is 14.2. The molecular weight excluding hydrogens is 233 g/mol. The van der Waals surface area contributed by atoms with Gasteiger partial charge in [0.25, 0.3) is 0 Å². The lowest BCUT2D eigenvalue weighted by molar-refractivity contribution is 0.0123. The van der Waals surface area contributed by atoms with Gasteiger partial charge in [-0.15, -0.1) is 12.4 Å². The third kappa shape index (κ3) is 2.85. The Labute approximate surface area is 101 Å². The van der Waals surface area contributed by atoms with E-state index >= 15 is 0 Å². The molecule has 1 aliphatic rings. The lowest BCUT2D eigenvalue weighted by atomic mass is 9.87. The topological polar surface area (TPSA) is 32.3 Å². The molecule has 1 fully saturated rings. The van der Waals surface area contributed by atoms with E-state index in [1.54, 1.807) is 0 Å². The molecule has 0 saturated carbocycles. The van der Waals surface area contributed by atoms with Crippen molar-refractivity contribution in [2.24, 2.45) is 0 Å². The van der Waals surface area contributed by atoms with Crippen LogP contribution in [0.1, 0.15) is 18.4 Å². The SMILES string of the molecule is Cl.OC1(c2ccc(Cl)cc2)CCCNC1. The Morgan fingerprint density at radius 3 is 2.47 bits per heavy atom. The minimum absolute atomic E-state index is 0. The zero-order valence-corrected chi connectivity index (χ0v) is 9.94. The van der Waals surface area contributed by atoms with Crippen LogP contribution in [0.2, 0.25) is 5.02 Å². The Morgan fingerprint density at radius 1 is 1.27 bits per heavy atom. The standard InChI is InChI=1S/C11H14ClNO.ClH/c12-10-4-2-9(3-5-10)11(14)6-1-7-13-8-11;/h2-5,13-14H,1,6-8H2;1H. The molecular formula is C11H15Cl2NO. The zero-order chi connectivity index (χ0) is 10.0.